The number of likely N-dealkylation sites (N-methyl/N-ethyl adjacent to an activating group) is 1. The summed E-state index contributed by atoms with van der Waals surface area (Å²) >= 11 is 0. The molecule has 34 heavy (non-hydrogen) atoms. The summed E-state index contributed by atoms with van der Waals surface area (Å²) < 4.78 is 52.4. The maximum Gasteiger partial charge on any atom is 0.242 e. The summed E-state index contributed by atoms with van der Waals surface area (Å²) in [6, 6.07) is 9.76. The van der Waals surface area contributed by atoms with E-state index >= 15 is 0 Å². The van der Waals surface area contributed by atoms with Crippen LogP contribution in [0.15, 0.2) is 42.5 Å². The van der Waals surface area contributed by atoms with E-state index in [1.54, 1.807) is 0 Å². The minimum Gasteiger partial charge on any atom is -0.357 e. The van der Waals surface area contributed by atoms with E-state index in [0.717, 1.165) is 33.8 Å². The van der Waals surface area contributed by atoms with Gasteiger partial charge in [-0.25, -0.2) is 17.2 Å². The Bertz CT molecular complexity index is 1120. The van der Waals surface area contributed by atoms with Crippen molar-refractivity contribution in [2.24, 2.45) is 0 Å². The first kappa shape index (κ1) is 27.2. The van der Waals surface area contributed by atoms with Crippen LogP contribution in [0.3, 0.4) is 0 Å². The fourth-order valence-electron chi connectivity index (χ4n) is 3.74. The number of carbonyl (C=O) groups excluding carboxylic acids is 2. The molecule has 10 heteroatoms. The summed E-state index contributed by atoms with van der Waals surface area (Å²) in [5.41, 5.74) is 1.87. The summed E-state index contributed by atoms with van der Waals surface area (Å²) in [5.74, 6) is -2.85. The van der Waals surface area contributed by atoms with Gasteiger partial charge in [0.05, 0.1) is 11.9 Å². The number of aryl methyl sites for hydroxylation is 1. The van der Waals surface area contributed by atoms with E-state index in [4.69, 9.17) is 0 Å². The van der Waals surface area contributed by atoms with Crippen molar-refractivity contribution in [1.82, 2.24) is 10.2 Å². The molecule has 0 saturated carbocycles. The van der Waals surface area contributed by atoms with Crippen molar-refractivity contribution in [2.45, 2.75) is 45.7 Å². The predicted molar refractivity (Wildman–Crippen MR) is 128 cm³/mol. The second kappa shape index (κ2) is 11.9. The monoisotopic (exact) mass is 495 g/mol. The standard InChI is InChI=1S/C24H31F2N3O4S/c1-5-22(24(31)27-3)28(16-18-9-6-8-17(2)14-18)23(30)10-7-13-29(34(4,32)33)19-11-12-20(25)21(26)15-19/h6,8-9,11-12,14-15,22H,5,7,10,13,16H2,1-4H3,(H,27,31)/t22-/m1/s1. The van der Waals surface area contributed by atoms with E-state index in [0.29, 0.717) is 6.42 Å². The minimum atomic E-state index is -3.80. The summed E-state index contributed by atoms with van der Waals surface area (Å²) in [7, 11) is -2.30. The number of hydrogen-bond acceptors (Lipinski definition) is 4. The normalized spacial score (nSPS) is 12.2. The van der Waals surface area contributed by atoms with E-state index in [-0.39, 0.29) is 43.4 Å². The number of benzene rings is 2. The SMILES string of the molecule is CC[C@H](C(=O)NC)N(Cc1cccc(C)c1)C(=O)CCCN(c1ccc(F)c(F)c1)S(C)(=O)=O. The van der Waals surface area contributed by atoms with Crippen LogP contribution in [-0.2, 0) is 26.2 Å². The molecule has 1 N–H and O–H groups in total. The van der Waals surface area contributed by atoms with Crippen LogP contribution in [0.5, 0.6) is 0 Å². The molecule has 186 valence electrons. The van der Waals surface area contributed by atoms with Crippen molar-refractivity contribution < 1.29 is 26.8 Å². The van der Waals surface area contributed by atoms with Gasteiger partial charge in [0.2, 0.25) is 21.8 Å². The lowest BCUT2D eigenvalue weighted by Crippen LogP contribution is -2.48. The molecule has 0 bridgehead atoms. The number of halogens is 2. The third-order valence-electron chi connectivity index (χ3n) is 5.41. The summed E-state index contributed by atoms with van der Waals surface area (Å²) in [6.45, 7) is 3.87. The lowest BCUT2D eigenvalue weighted by Gasteiger charge is -2.31. The highest BCUT2D eigenvalue weighted by atomic mass is 32.2. The number of anilines is 1. The second-order valence-electron chi connectivity index (χ2n) is 8.09. The molecule has 0 radical (unpaired) electrons. The van der Waals surface area contributed by atoms with Crippen LogP contribution in [0.4, 0.5) is 14.5 Å². The maximum atomic E-state index is 13.7. The smallest absolute Gasteiger partial charge is 0.242 e. The van der Waals surface area contributed by atoms with Gasteiger partial charge in [-0.05, 0) is 37.5 Å². The zero-order chi connectivity index (χ0) is 25.5. The molecule has 1 atom stereocenters. The van der Waals surface area contributed by atoms with Gasteiger partial charge < -0.3 is 10.2 Å². The van der Waals surface area contributed by atoms with E-state index in [2.05, 4.69) is 5.32 Å². The quantitative estimate of drug-likeness (QED) is 0.518. The number of amides is 2. The van der Waals surface area contributed by atoms with Crippen LogP contribution in [-0.4, -0.2) is 51.0 Å². The predicted octanol–water partition coefficient (Wildman–Crippen LogP) is 3.37. The van der Waals surface area contributed by atoms with Gasteiger partial charge in [-0.3, -0.25) is 13.9 Å². The molecule has 0 unspecified atom stereocenters. The van der Waals surface area contributed by atoms with Crippen molar-refractivity contribution in [3.05, 3.63) is 65.2 Å². The Morgan fingerprint density at radius 3 is 2.35 bits per heavy atom. The van der Waals surface area contributed by atoms with Gasteiger partial charge in [0.1, 0.15) is 6.04 Å². The molecule has 2 amide bonds. The van der Waals surface area contributed by atoms with E-state index in [1.165, 1.54) is 18.0 Å². The van der Waals surface area contributed by atoms with Gasteiger partial charge in [-0.1, -0.05) is 36.8 Å². The van der Waals surface area contributed by atoms with Gasteiger partial charge in [0.15, 0.2) is 11.6 Å². The second-order valence-corrected chi connectivity index (χ2v) is 9.99. The number of hydrogen-bond donors (Lipinski definition) is 1. The number of rotatable bonds is 11. The van der Waals surface area contributed by atoms with Crippen molar-refractivity contribution in [3.63, 3.8) is 0 Å². The van der Waals surface area contributed by atoms with Gasteiger partial charge in [-0.2, -0.15) is 0 Å². The number of nitrogens with one attached hydrogen (secondary N) is 1. The zero-order valence-corrected chi connectivity index (χ0v) is 20.7. The van der Waals surface area contributed by atoms with Gasteiger partial charge in [0.25, 0.3) is 0 Å². The summed E-state index contributed by atoms with van der Waals surface area (Å²) in [4.78, 5) is 27.1. The molecule has 0 spiro atoms. The first-order valence-corrected chi connectivity index (χ1v) is 12.8. The number of sulfonamides is 1. The highest BCUT2D eigenvalue weighted by Crippen LogP contribution is 2.22. The Hall–Kier alpha value is -3.01. The molecule has 2 aromatic rings. The topological polar surface area (TPSA) is 86.8 Å². The molecule has 0 aromatic heterocycles. The van der Waals surface area contributed by atoms with E-state index in [9.17, 15) is 26.8 Å². The minimum absolute atomic E-state index is 0.0257. The van der Waals surface area contributed by atoms with Crippen molar-refractivity contribution in [2.75, 3.05) is 24.2 Å². The first-order valence-electron chi connectivity index (χ1n) is 11.0. The molecule has 0 fully saturated rings. The van der Waals surface area contributed by atoms with Crippen LogP contribution in [0, 0.1) is 18.6 Å². The molecule has 0 aliphatic rings. The molecular weight excluding hydrogens is 464 g/mol. The van der Waals surface area contributed by atoms with Crippen LogP contribution < -0.4 is 9.62 Å². The lowest BCUT2D eigenvalue weighted by molar-refractivity contribution is -0.141. The Morgan fingerprint density at radius 2 is 1.79 bits per heavy atom. The molecule has 7 nitrogen and oxygen atoms in total. The Morgan fingerprint density at radius 1 is 1.09 bits per heavy atom. The Balaban J connectivity index is 2.20. The molecule has 2 aromatic carbocycles. The van der Waals surface area contributed by atoms with Crippen molar-refractivity contribution in [3.8, 4) is 0 Å². The lowest BCUT2D eigenvalue weighted by atomic mass is 10.1. The molecule has 0 aliphatic carbocycles. The third kappa shape index (κ3) is 7.24. The summed E-state index contributed by atoms with van der Waals surface area (Å²) in [5, 5.41) is 2.59. The maximum absolute atomic E-state index is 13.7. The fraction of sp³-hybridized carbons (Fsp3) is 0.417. The average Bonchev–Trinajstić information content (AvgIpc) is 2.77. The van der Waals surface area contributed by atoms with Crippen molar-refractivity contribution >= 4 is 27.5 Å². The average molecular weight is 496 g/mol. The fourth-order valence-corrected chi connectivity index (χ4v) is 4.69. The van der Waals surface area contributed by atoms with Gasteiger partial charge >= 0.3 is 0 Å². The molecule has 2 rings (SSSR count). The zero-order valence-electron chi connectivity index (χ0n) is 19.8. The number of nitrogens with zero attached hydrogens (tertiary/aromatic N) is 2. The summed E-state index contributed by atoms with van der Waals surface area (Å²) in [6.07, 6.45) is 1.45. The van der Waals surface area contributed by atoms with Crippen LogP contribution in [0.1, 0.15) is 37.3 Å². The molecule has 0 aliphatic heterocycles. The molecular formula is C24H31F2N3O4S. The molecule has 0 saturated heterocycles. The van der Waals surface area contributed by atoms with Gasteiger partial charge in [0, 0.05) is 32.6 Å². The van der Waals surface area contributed by atoms with Crippen LogP contribution in [0.25, 0.3) is 0 Å². The highest BCUT2D eigenvalue weighted by Gasteiger charge is 2.28. The first-order chi connectivity index (χ1) is 16.0. The highest BCUT2D eigenvalue weighted by molar-refractivity contribution is 7.92. The Labute approximate surface area is 199 Å². The Kier molecular flexibility index (Phi) is 9.55. The van der Waals surface area contributed by atoms with E-state index in [1.807, 2.05) is 38.1 Å². The number of carbonyl (C=O) groups is 2. The molecule has 0 heterocycles. The van der Waals surface area contributed by atoms with Crippen LogP contribution >= 0.6 is 0 Å². The van der Waals surface area contributed by atoms with E-state index < -0.39 is 27.7 Å². The largest absolute Gasteiger partial charge is 0.357 e. The third-order valence-corrected chi connectivity index (χ3v) is 6.61. The van der Waals surface area contributed by atoms with Crippen molar-refractivity contribution in [1.29, 1.82) is 0 Å². The van der Waals surface area contributed by atoms with Gasteiger partial charge in [-0.15, -0.1) is 0 Å². The van der Waals surface area contributed by atoms with Crippen LogP contribution in [0.2, 0.25) is 0 Å².